The van der Waals surface area contributed by atoms with Crippen molar-refractivity contribution >= 4 is 32.8 Å². The molecule has 0 bridgehead atoms. The summed E-state index contributed by atoms with van der Waals surface area (Å²) in [4.78, 5) is 13.7. The number of pyridine rings is 3. The van der Waals surface area contributed by atoms with Gasteiger partial charge in [-0.3, -0.25) is 4.98 Å². The van der Waals surface area contributed by atoms with E-state index in [2.05, 4.69) is 115 Å². The van der Waals surface area contributed by atoms with Gasteiger partial charge in [-0.05, 0) is 80.0 Å². The first-order valence-corrected chi connectivity index (χ1v) is 15.4. The summed E-state index contributed by atoms with van der Waals surface area (Å²) in [6, 6.07) is 39.7. The van der Waals surface area contributed by atoms with Gasteiger partial charge in [0, 0.05) is 49.0 Å². The second-order valence-electron chi connectivity index (χ2n) is 11.8. The third-order valence-corrected chi connectivity index (χ3v) is 8.46. The van der Waals surface area contributed by atoms with E-state index in [1.807, 2.05) is 56.6 Å². The Hall–Kier alpha value is -4.96. The third-order valence-electron chi connectivity index (χ3n) is 8.46. The van der Waals surface area contributed by atoms with Crippen molar-refractivity contribution in [3.63, 3.8) is 0 Å². The molecule has 4 heterocycles. The van der Waals surface area contributed by atoms with Crippen LogP contribution < -0.4 is 0 Å². The minimum absolute atomic E-state index is 0. The van der Waals surface area contributed by atoms with Crippen LogP contribution in [0.3, 0.4) is 0 Å². The molecule has 0 saturated carbocycles. The maximum atomic E-state index is 6.31. The number of rotatable bonds is 3. The van der Waals surface area contributed by atoms with Crippen LogP contribution in [0.1, 0.15) is 27.9 Å². The van der Waals surface area contributed by atoms with Gasteiger partial charge in [-0.15, -0.1) is 47.5 Å². The van der Waals surface area contributed by atoms with Crippen LogP contribution >= 0.6 is 0 Å². The molecule has 8 aromatic rings. The van der Waals surface area contributed by atoms with Crippen LogP contribution in [0, 0.1) is 46.8 Å². The van der Waals surface area contributed by atoms with E-state index in [4.69, 9.17) is 4.42 Å². The Morgan fingerprint density at radius 3 is 2.15 bits per heavy atom. The molecule has 0 unspecified atom stereocenters. The molecule has 5 heteroatoms. The predicted molar refractivity (Wildman–Crippen MR) is 189 cm³/mol. The van der Waals surface area contributed by atoms with Crippen LogP contribution in [0.25, 0.3) is 66.5 Å². The monoisotopic (exact) mass is 788 g/mol. The van der Waals surface area contributed by atoms with Crippen LogP contribution in [-0.4, -0.2) is 15.0 Å². The molecule has 0 atom stereocenters. The van der Waals surface area contributed by atoms with E-state index in [9.17, 15) is 0 Å². The molecule has 0 N–H and O–H groups in total. The standard InChI is InChI=1S/C22H15N2O.C20H18N.Ir/c1-13-6-10-19(23-12-13)17-5-3-4-15-16-9-11-20-18(8-7-14(2)24-20)22(16)25-21(15)17;1-14-9-10-18(20-11-15(2)16(3)13-21-20)12-19(14)17-7-5-4-6-8-17;/h3-4,6-12H,1-2H3;4-9,11-13H,1-3H3;/q2*-1;. The van der Waals surface area contributed by atoms with E-state index in [0.717, 1.165) is 66.6 Å². The van der Waals surface area contributed by atoms with E-state index in [0.29, 0.717) is 0 Å². The zero-order chi connectivity index (χ0) is 31.8. The maximum Gasteiger partial charge on any atom is 0.130 e. The average Bonchev–Trinajstić information content (AvgIpc) is 3.47. The minimum Gasteiger partial charge on any atom is -0.500 e. The number of hydrogen-bond donors (Lipinski definition) is 0. The molecule has 0 saturated heterocycles. The first kappa shape index (κ1) is 32.0. The molecule has 0 aliphatic heterocycles. The summed E-state index contributed by atoms with van der Waals surface area (Å²) >= 11 is 0. The Labute approximate surface area is 288 Å². The Balaban J connectivity index is 0.000000164. The van der Waals surface area contributed by atoms with Crippen LogP contribution in [0.2, 0.25) is 0 Å². The summed E-state index contributed by atoms with van der Waals surface area (Å²) in [5.41, 5.74) is 14.7. The van der Waals surface area contributed by atoms with Crippen molar-refractivity contribution in [1.82, 2.24) is 15.0 Å². The van der Waals surface area contributed by atoms with Crippen molar-refractivity contribution in [2.45, 2.75) is 34.6 Å². The Kier molecular flexibility index (Phi) is 9.13. The van der Waals surface area contributed by atoms with Crippen molar-refractivity contribution in [1.29, 1.82) is 0 Å². The quantitative estimate of drug-likeness (QED) is 0.167. The van der Waals surface area contributed by atoms with Crippen molar-refractivity contribution in [2.24, 2.45) is 0 Å². The van der Waals surface area contributed by atoms with Gasteiger partial charge in [-0.1, -0.05) is 77.5 Å². The van der Waals surface area contributed by atoms with Crippen molar-refractivity contribution in [3.8, 4) is 33.6 Å². The molecule has 233 valence electrons. The molecule has 8 rings (SSSR count). The molecule has 0 amide bonds. The first-order valence-electron chi connectivity index (χ1n) is 15.4. The molecule has 0 spiro atoms. The number of furan rings is 1. The summed E-state index contributed by atoms with van der Waals surface area (Å²) in [5.74, 6) is 0. The fourth-order valence-corrected chi connectivity index (χ4v) is 5.72. The van der Waals surface area contributed by atoms with Gasteiger partial charge in [0.25, 0.3) is 0 Å². The molecule has 4 nitrogen and oxygen atoms in total. The van der Waals surface area contributed by atoms with Gasteiger partial charge >= 0.3 is 0 Å². The number of hydrogen-bond acceptors (Lipinski definition) is 4. The van der Waals surface area contributed by atoms with E-state index in [1.165, 1.54) is 27.8 Å². The predicted octanol–water partition coefficient (Wildman–Crippen LogP) is 10.8. The number of fused-ring (bicyclic) bond motifs is 5. The zero-order valence-corrected chi connectivity index (χ0v) is 29.4. The van der Waals surface area contributed by atoms with Gasteiger partial charge in [0.15, 0.2) is 0 Å². The number of nitrogens with zero attached hydrogens (tertiary/aromatic N) is 3. The fraction of sp³-hybridized carbons (Fsp3) is 0.119. The van der Waals surface area contributed by atoms with Crippen molar-refractivity contribution < 1.29 is 24.5 Å². The first-order chi connectivity index (χ1) is 22.4. The molecule has 4 aromatic heterocycles. The zero-order valence-electron chi connectivity index (χ0n) is 27.0. The Bertz CT molecular complexity index is 2360. The summed E-state index contributed by atoms with van der Waals surface area (Å²) < 4.78 is 6.31. The largest absolute Gasteiger partial charge is 0.500 e. The second-order valence-corrected chi connectivity index (χ2v) is 11.8. The Morgan fingerprint density at radius 1 is 0.617 bits per heavy atom. The molecule has 1 radical (unpaired) electrons. The van der Waals surface area contributed by atoms with E-state index >= 15 is 0 Å². The van der Waals surface area contributed by atoms with Gasteiger partial charge in [-0.25, -0.2) is 0 Å². The van der Waals surface area contributed by atoms with Gasteiger partial charge in [0.05, 0.1) is 11.1 Å². The minimum atomic E-state index is 0. The second kappa shape index (κ2) is 13.4. The summed E-state index contributed by atoms with van der Waals surface area (Å²) in [6.07, 6.45) is 3.80. The topological polar surface area (TPSA) is 51.8 Å². The molecule has 47 heavy (non-hydrogen) atoms. The van der Waals surface area contributed by atoms with E-state index in [1.54, 1.807) is 0 Å². The van der Waals surface area contributed by atoms with Gasteiger partial charge in [-0.2, -0.15) is 0 Å². The van der Waals surface area contributed by atoms with Crippen LogP contribution in [-0.2, 0) is 20.1 Å². The summed E-state index contributed by atoms with van der Waals surface area (Å²) in [5, 5.41) is 3.20. The molecular weight excluding hydrogens is 755 g/mol. The van der Waals surface area contributed by atoms with E-state index in [-0.39, 0.29) is 20.1 Å². The van der Waals surface area contributed by atoms with Gasteiger partial charge < -0.3 is 14.4 Å². The number of aryl methyl sites for hydroxylation is 5. The molecular formula is C42H33IrN3O-2. The van der Waals surface area contributed by atoms with Gasteiger partial charge in [0.2, 0.25) is 0 Å². The van der Waals surface area contributed by atoms with Crippen LogP contribution in [0.4, 0.5) is 0 Å². The molecule has 0 aliphatic rings. The van der Waals surface area contributed by atoms with Gasteiger partial charge in [0.1, 0.15) is 5.58 Å². The van der Waals surface area contributed by atoms with Crippen LogP contribution in [0.5, 0.6) is 0 Å². The molecule has 0 aliphatic carbocycles. The number of benzene rings is 4. The number of aromatic nitrogens is 3. The smallest absolute Gasteiger partial charge is 0.130 e. The molecule has 4 aromatic carbocycles. The van der Waals surface area contributed by atoms with E-state index < -0.39 is 0 Å². The Morgan fingerprint density at radius 2 is 1.38 bits per heavy atom. The maximum absolute atomic E-state index is 6.31. The van der Waals surface area contributed by atoms with Crippen molar-refractivity contribution in [2.75, 3.05) is 0 Å². The SMILES string of the molecule is Cc1ccc(-c2[c-]ccc3c2oc2c4ccc(C)nc4ccc32)nc1.Cc1cnc(-c2[c-]cc(C)c(-c3ccccc3)c2)cc1C.[Ir]. The normalized spacial score (nSPS) is 10.9. The fourth-order valence-electron chi connectivity index (χ4n) is 5.72. The third kappa shape index (κ3) is 6.38. The van der Waals surface area contributed by atoms with Crippen LogP contribution in [0.15, 0.2) is 114 Å². The van der Waals surface area contributed by atoms with Crippen molar-refractivity contribution in [3.05, 3.63) is 150 Å². The molecule has 0 fully saturated rings. The summed E-state index contributed by atoms with van der Waals surface area (Å²) in [6.45, 7) is 10.4. The summed E-state index contributed by atoms with van der Waals surface area (Å²) in [7, 11) is 0. The average molecular weight is 788 g/mol.